The minimum atomic E-state index is -0.663. The minimum Gasteiger partial charge on any atom is -0.466 e. The lowest BCUT2D eigenvalue weighted by Crippen LogP contribution is -2.45. The van der Waals surface area contributed by atoms with Crippen LogP contribution in [0.25, 0.3) is 0 Å². The summed E-state index contributed by atoms with van der Waals surface area (Å²) in [6.45, 7) is 5.00. The van der Waals surface area contributed by atoms with Crippen LogP contribution in [0.5, 0.6) is 0 Å². The van der Waals surface area contributed by atoms with Crippen molar-refractivity contribution in [3.63, 3.8) is 0 Å². The highest BCUT2D eigenvalue weighted by Crippen LogP contribution is 2.20. The molecule has 0 aromatic heterocycles. The number of carbonyl (C=O) groups is 2. The molecule has 0 aromatic rings. The average molecular weight is 1280 g/mol. The number of amides is 1. The highest BCUT2D eigenvalue weighted by atomic mass is 16.5. The van der Waals surface area contributed by atoms with E-state index in [0.717, 1.165) is 44.9 Å². The molecule has 0 aliphatic heterocycles. The number of unbranched alkanes of at least 4 members (excludes halogenated alkanes) is 65. The molecule has 2 unspecified atom stereocenters. The Morgan fingerprint density at radius 2 is 0.516 bits per heavy atom. The van der Waals surface area contributed by atoms with Crippen LogP contribution in [0.15, 0.2) is 24.3 Å². The Kier molecular flexibility index (Phi) is 79.3. The number of nitrogens with one attached hydrogen (secondary N) is 1. The zero-order valence-corrected chi connectivity index (χ0v) is 62.1. The van der Waals surface area contributed by atoms with Gasteiger partial charge in [0, 0.05) is 12.8 Å². The summed E-state index contributed by atoms with van der Waals surface area (Å²) in [5.41, 5.74) is 0. The summed E-state index contributed by atoms with van der Waals surface area (Å²) in [5, 5.41) is 23.5. The Morgan fingerprint density at radius 3 is 0.780 bits per heavy atom. The minimum absolute atomic E-state index is 0.0134. The summed E-state index contributed by atoms with van der Waals surface area (Å²) in [5.74, 6) is -0.0119. The van der Waals surface area contributed by atoms with Crippen LogP contribution in [0.1, 0.15) is 483 Å². The summed E-state index contributed by atoms with van der Waals surface area (Å²) in [4.78, 5) is 24.7. The van der Waals surface area contributed by atoms with Gasteiger partial charge in [-0.3, -0.25) is 9.59 Å². The van der Waals surface area contributed by atoms with Crippen LogP contribution in [-0.4, -0.2) is 47.4 Å². The molecule has 0 spiro atoms. The molecule has 0 rings (SSSR count). The van der Waals surface area contributed by atoms with Gasteiger partial charge in [-0.05, 0) is 77.0 Å². The fourth-order valence-corrected chi connectivity index (χ4v) is 13.6. The van der Waals surface area contributed by atoms with E-state index in [1.165, 1.54) is 405 Å². The van der Waals surface area contributed by atoms with Crippen molar-refractivity contribution in [3.05, 3.63) is 24.3 Å². The average Bonchev–Trinajstić information content (AvgIpc) is 3.75. The molecule has 3 N–H and O–H groups in total. The Hall–Kier alpha value is -1.66. The van der Waals surface area contributed by atoms with Gasteiger partial charge in [0.1, 0.15) is 0 Å². The molecule has 540 valence electrons. The van der Waals surface area contributed by atoms with Gasteiger partial charge >= 0.3 is 5.97 Å². The largest absolute Gasteiger partial charge is 0.466 e. The molecule has 0 saturated carbocycles. The van der Waals surface area contributed by atoms with Crippen LogP contribution < -0.4 is 5.32 Å². The van der Waals surface area contributed by atoms with Gasteiger partial charge in [0.15, 0.2) is 0 Å². The van der Waals surface area contributed by atoms with Crippen LogP contribution >= 0.6 is 0 Å². The maximum absolute atomic E-state index is 12.6. The lowest BCUT2D eigenvalue weighted by molar-refractivity contribution is -0.143. The predicted molar refractivity (Wildman–Crippen MR) is 403 cm³/mol. The topological polar surface area (TPSA) is 95.9 Å². The number of aliphatic hydroxyl groups is 2. The summed E-state index contributed by atoms with van der Waals surface area (Å²) < 4.78 is 5.50. The SMILES string of the molecule is CCCCCCCC/C=C\CCCCCCCC(=O)OCCCCCCCCCCCCCCCC/C=C\CCCCCCCCCCCCCCCCCCCC(=O)NC(CO)C(O)CCCCCCCCCCCCCCCCCCCCCCCCCC. The van der Waals surface area contributed by atoms with Crippen molar-refractivity contribution in [2.45, 2.75) is 495 Å². The summed E-state index contributed by atoms with van der Waals surface area (Å²) >= 11 is 0. The molecule has 0 radical (unpaired) electrons. The molecule has 0 fully saturated rings. The third-order valence-electron chi connectivity index (χ3n) is 20.0. The van der Waals surface area contributed by atoms with Crippen molar-refractivity contribution in [2.75, 3.05) is 13.2 Å². The zero-order valence-electron chi connectivity index (χ0n) is 62.1. The maximum atomic E-state index is 12.6. The summed E-state index contributed by atoms with van der Waals surface area (Å²) in [6.07, 6.45) is 104. The van der Waals surface area contributed by atoms with E-state index in [0.29, 0.717) is 25.9 Å². The van der Waals surface area contributed by atoms with Crippen molar-refractivity contribution < 1.29 is 24.5 Å². The zero-order chi connectivity index (χ0) is 65.6. The van der Waals surface area contributed by atoms with Gasteiger partial charge in [0.2, 0.25) is 5.91 Å². The first-order chi connectivity index (χ1) is 45.0. The molecule has 91 heavy (non-hydrogen) atoms. The predicted octanol–water partition coefficient (Wildman–Crippen LogP) is 28.0. The first-order valence-corrected chi connectivity index (χ1v) is 42.1. The van der Waals surface area contributed by atoms with Gasteiger partial charge in [-0.1, -0.05) is 417 Å². The third kappa shape index (κ3) is 77.2. The Morgan fingerprint density at radius 1 is 0.297 bits per heavy atom. The standard InChI is InChI=1S/C85H165NO5/c1-3-5-7-9-11-13-15-17-19-20-21-22-23-37-40-43-46-50-53-57-61-65-69-73-77-83(88)82(81-87)86-84(89)78-74-70-66-62-58-54-51-47-44-41-38-35-33-31-29-27-25-24-26-28-30-32-34-36-39-42-45-48-52-56-60-64-68-72-76-80-91-85(90)79-75-71-67-63-59-55-49-18-16-14-12-10-8-6-4-2/h18,26,28,49,82-83,87-88H,3-17,19-25,27,29-48,50-81H2,1-2H3,(H,86,89)/b28-26-,49-18-. The van der Waals surface area contributed by atoms with Crippen LogP contribution in [-0.2, 0) is 14.3 Å². The molecule has 0 aliphatic carbocycles. The van der Waals surface area contributed by atoms with E-state index in [9.17, 15) is 19.8 Å². The first-order valence-electron chi connectivity index (χ1n) is 42.1. The molecular weight excluding hydrogens is 1110 g/mol. The Labute approximate surface area is 571 Å². The van der Waals surface area contributed by atoms with Gasteiger partial charge in [-0.2, -0.15) is 0 Å². The van der Waals surface area contributed by atoms with Crippen molar-refractivity contribution in [3.8, 4) is 0 Å². The number of hydrogen-bond donors (Lipinski definition) is 3. The van der Waals surface area contributed by atoms with Crippen LogP contribution in [0.4, 0.5) is 0 Å². The molecule has 6 nitrogen and oxygen atoms in total. The number of carbonyl (C=O) groups excluding carboxylic acids is 2. The van der Waals surface area contributed by atoms with Crippen molar-refractivity contribution >= 4 is 11.9 Å². The molecule has 0 heterocycles. The van der Waals surface area contributed by atoms with Crippen molar-refractivity contribution in [1.82, 2.24) is 5.32 Å². The fourth-order valence-electron chi connectivity index (χ4n) is 13.6. The number of ether oxygens (including phenoxy) is 1. The number of allylic oxidation sites excluding steroid dienone is 4. The second-order valence-electron chi connectivity index (χ2n) is 29.2. The molecule has 0 aromatic carbocycles. The lowest BCUT2D eigenvalue weighted by atomic mass is 10.0. The van der Waals surface area contributed by atoms with E-state index >= 15 is 0 Å². The normalized spacial score (nSPS) is 12.5. The molecule has 1 amide bonds. The smallest absolute Gasteiger partial charge is 0.305 e. The van der Waals surface area contributed by atoms with Gasteiger partial charge in [-0.15, -0.1) is 0 Å². The van der Waals surface area contributed by atoms with E-state index in [4.69, 9.17) is 4.74 Å². The monoisotopic (exact) mass is 1280 g/mol. The molecule has 6 heteroatoms. The summed E-state index contributed by atoms with van der Waals surface area (Å²) in [6, 6.07) is -0.540. The van der Waals surface area contributed by atoms with Crippen molar-refractivity contribution in [1.29, 1.82) is 0 Å². The maximum Gasteiger partial charge on any atom is 0.305 e. The third-order valence-corrected chi connectivity index (χ3v) is 20.0. The number of esters is 1. The molecule has 0 aliphatic rings. The van der Waals surface area contributed by atoms with Gasteiger partial charge in [0.05, 0.1) is 25.4 Å². The number of hydrogen-bond acceptors (Lipinski definition) is 5. The molecule has 0 saturated heterocycles. The molecule has 0 bridgehead atoms. The van der Waals surface area contributed by atoms with Crippen molar-refractivity contribution in [2.24, 2.45) is 0 Å². The van der Waals surface area contributed by atoms with E-state index in [2.05, 4.69) is 43.5 Å². The quantitative estimate of drug-likeness (QED) is 0.0320. The number of aliphatic hydroxyl groups excluding tert-OH is 2. The van der Waals surface area contributed by atoms with E-state index in [1.54, 1.807) is 0 Å². The van der Waals surface area contributed by atoms with Gasteiger partial charge < -0.3 is 20.3 Å². The summed E-state index contributed by atoms with van der Waals surface area (Å²) in [7, 11) is 0. The van der Waals surface area contributed by atoms with E-state index in [-0.39, 0.29) is 18.5 Å². The second-order valence-corrected chi connectivity index (χ2v) is 29.2. The van der Waals surface area contributed by atoms with E-state index in [1.807, 2.05) is 0 Å². The highest BCUT2D eigenvalue weighted by Gasteiger charge is 2.20. The highest BCUT2D eigenvalue weighted by molar-refractivity contribution is 5.76. The molecule has 2 atom stereocenters. The fraction of sp³-hybridized carbons (Fsp3) is 0.929. The lowest BCUT2D eigenvalue weighted by Gasteiger charge is -2.22. The first kappa shape index (κ1) is 89.3. The van der Waals surface area contributed by atoms with Crippen LogP contribution in [0.3, 0.4) is 0 Å². The molecular formula is C85H165NO5. The Bertz CT molecular complexity index is 1430. The van der Waals surface area contributed by atoms with Gasteiger partial charge in [-0.25, -0.2) is 0 Å². The van der Waals surface area contributed by atoms with Crippen LogP contribution in [0, 0.1) is 0 Å². The van der Waals surface area contributed by atoms with E-state index < -0.39 is 12.1 Å². The van der Waals surface area contributed by atoms with Crippen LogP contribution in [0.2, 0.25) is 0 Å². The number of rotatable bonds is 80. The second kappa shape index (κ2) is 80.8. The Balaban J connectivity index is 3.34. The van der Waals surface area contributed by atoms with Gasteiger partial charge in [0.25, 0.3) is 0 Å².